The van der Waals surface area contributed by atoms with Crippen LogP contribution >= 0.6 is 0 Å². The molecule has 0 bridgehead atoms. The first-order chi connectivity index (χ1) is 11.6. The van der Waals surface area contributed by atoms with E-state index in [1.54, 1.807) is 0 Å². The monoisotopic (exact) mass is 338 g/mol. The van der Waals surface area contributed by atoms with Crippen molar-refractivity contribution in [3.05, 3.63) is 0 Å². The molecule has 0 unspecified atom stereocenters. The van der Waals surface area contributed by atoms with Gasteiger partial charge in [0.25, 0.3) is 0 Å². The Balaban J connectivity index is 1.83. The van der Waals surface area contributed by atoms with Crippen LogP contribution in [0.25, 0.3) is 0 Å². The SMILES string of the molecule is CCNC(=NCC1(CCOCC)CC1)N1CCN(CC(C)C)CC1. The average molecular weight is 339 g/mol. The van der Waals surface area contributed by atoms with E-state index in [9.17, 15) is 0 Å². The summed E-state index contributed by atoms with van der Waals surface area (Å²) in [5.41, 5.74) is 0.426. The fourth-order valence-corrected chi connectivity index (χ4v) is 3.42. The number of guanidine groups is 1. The van der Waals surface area contributed by atoms with Crippen molar-refractivity contribution < 1.29 is 4.74 Å². The molecule has 0 spiro atoms. The smallest absolute Gasteiger partial charge is 0.194 e. The van der Waals surface area contributed by atoms with E-state index in [-0.39, 0.29) is 0 Å². The first kappa shape index (κ1) is 19.5. The van der Waals surface area contributed by atoms with Crippen LogP contribution in [0.3, 0.4) is 0 Å². The highest BCUT2D eigenvalue weighted by molar-refractivity contribution is 5.80. The molecule has 0 radical (unpaired) electrons. The second-order valence-electron chi connectivity index (χ2n) is 7.80. The van der Waals surface area contributed by atoms with Gasteiger partial charge in [0.15, 0.2) is 5.96 Å². The minimum atomic E-state index is 0.426. The molecule has 2 rings (SSSR count). The summed E-state index contributed by atoms with van der Waals surface area (Å²) in [5, 5.41) is 3.50. The summed E-state index contributed by atoms with van der Waals surface area (Å²) in [6, 6.07) is 0. The van der Waals surface area contributed by atoms with E-state index in [1.807, 2.05) is 0 Å². The molecule has 0 aromatic rings. The van der Waals surface area contributed by atoms with Crippen molar-refractivity contribution in [3.63, 3.8) is 0 Å². The predicted octanol–water partition coefficient (Wildman–Crippen LogP) is 2.43. The Kier molecular flexibility index (Phi) is 7.82. The third-order valence-electron chi connectivity index (χ3n) is 5.13. The lowest BCUT2D eigenvalue weighted by atomic mass is 10.0. The van der Waals surface area contributed by atoms with E-state index in [0.717, 1.165) is 70.8 Å². The van der Waals surface area contributed by atoms with Gasteiger partial charge in [-0.05, 0) is 44.4 Å². The summed E-state index contributed by atoms with van der Waals surface area (Å²) in [6.45, 7) is 18.1. The maximum atomic E-state index is 5.54. The number of nitrogens with one attached hydrogen (secondary N) is 1. The zero-order valence-electron chi connectivity index (χ0n) is 16.3. The van der Waals surface area contributed by atoms with Gasteiger partial charge >= 0.3 is 0 Å². The fourth-order valence-electron chi connectivity index (χ4n) is 3.42. The van der Waals surface area contributed by atoms with Crippen LogP contribution in [0.1, 0.15) is 47.0 Å². The first-order valence-electron chi connectivity index (χ1n) is 9.92. The number of hydrogen-bond acceptors (Lipinski definition) is 3. The lowest BCUT2D eigenvalue weighted by molar-refractivity contribution is 0.129. The van der Waals surface area contributed by atoms with Crippen LogP contribution in [-0.2, 0) is 4.74 Å². The average Bonchev–Trinajstić information content (AvgIpc) is 3.32. The van der Waals surface area contributed by atoms with Crippen molar-refractivity contribution in [2.45, 2.75) is 47.0 Å². The molecule has 24 heavy (non-hydrogen) atoms. The Labute approximate surface area is 148 Å². The van der Waals surface area contributed by atoms with Gasteiger partial charge in [-0.2, -0.15) is 0 Å². The molecule has 0 atom stereocenters. The van der Waals surface area contributed by atoms with Gasteiger partial charge in [0.05, 0.1) is 0 Å². The van der Waals surface area contributed by atoms with E-state index in [4.69, 9.17) is 9.73 Å². The van der Waals surface area contributed by atoms with Gasteiger partial charge in [-0.15, -0.1) is 0 Å². The van der Waals surface area contributed by atoms with Crippen LogP contribution in [0.4, 0.5) is 0 Å². The van der Waals surface area contributed by atoms with Gasteiger partial charge in [0.2, 0.25) is 0 Å². The lowest BCUT2D eigenvalue weighted by Crippen LogP contribution is -2.53. The molecule has 1 aliphatic heterocycles. The van der Waals surface area contributed by atoms with Crippen LogP contribution in [0, 0.1) is 11.3 Å². The number of rotatable bonds is 9. The molecule has 5 nitrogen and oxygen atoms in total. The normalized spacial score (nSPS) is 21.4. The number of ether oxygens (including phenoxy) is 1. The number of hydrogen-bond donors (Lipinski definition) is 1. The maximum Gasteiger partial charge on any atom is 0.194 e. The largest absolute Gasteiger partial charge is 0.382 e. The van der Waals surface area contributed by atoms with Crippen LogP contribution < -0.4 is 5.32 Å². The highest BCUT2D eigenvalue weighted by Crippen LogP contribution is 2.49. The molecule has 1 N–H and O–H groups in total. The summed E-state index contributed by atoms with van der Waals surface area (Å²) in [7, 11) is 0. The van der Waals surface area contributed by atoms with Gasteiger partial charge in [0, 0.05) is 59.0 Å². The van der Waals surface area contributed by atoms with Gasteiger partial charge < -0.3 is 15.0 Å². The van der Waals surface area contributed by atoms with Crippen LogP contribution in [-0.4, -0.2) is 74.8 Å². The molecule has 1 heterocycles. The third-order valence-corrected chi connectivity index (χ3v) is 5.13. The van der Waals surface area contributed by atoms with Crippen molar-refractivity contribution >= 4 is 5.96 Å². The van der Waals surface area contributed by atoms with E-state index < -0.39 is 0 Å². The Hall–Kier alpha value is -0.810. The molecule has 2 fully saturated rings. The van der Waals surface area contributed by atoms with Crippen molar-refractivity contribution in [1.82, 2.24) is 15.1 Å². The Bertz CT molecular complexity index is 385. The Morgan fingerprint density at radius 1 is 1.17 bits per heavy atom. The van der Waals surface area contributed by atoms with Gasteiger partial charge in [-0.1, -0.05) is 13.8 Å². The van der Waals surface area contributed by atoms with Crippen molar-refractivity contribution in [1.29, 1.82) is 0 Å². The summed E-state index contributed by atoms with van der Waals surface area (Å²) in [4.78, 5) is 10.0. The van der Waals surface area contributed by atoms with Gasteiger partial charge in [0.1, 0.15) is 0 Å². The fraction of sp³-hybridized carbons (Fsp3) is 0.947. The summed E-state index contributed by atoms with van der Waals surface area (Å²) in [6.07, 6.45) is 3.78. The molecule has 0 amide bonds. The van der Waals surface area contributed by atoms with Crippen molar-refractivity contribution in [2.75, 3.05) is 59.0 Å². The zero-order chi connectivity index (χ0) is 17.4. The third kappa shape index (κ3) is 6.25. The highest BCUT2D eigenvalue weighted by atomic mass is 16.5. The van der Waals surface area contributed by atoms with Crippen molar-refractivity contribution in [3.8, 4) is 0 Å². The zero-order valence-corrected chi connectivity index (χ0v) is 16.3. The van der Waals surface area contributed by atoms with Crippen molar-refractivity contribution in [2.24, 2.45) is 16.3 Å². The van der Waals surface area contributed by atoms with E-state index >= 15 is 0 Å². The maximum absolute atomic E-state index is 5.54. The number of piperazine rings is 1. The molecular formula is C19H38N4O. The summed E-state index contributed by atoms with van der Waals surface area (Å²) < 4.78 is 5.54. The van der Waals surface area contributed by atoms with Gasteiger partial charge in [-0.3, -0.25) is 9.89 Å². The highest BCUT2D eigenvalue weighted by Gasteiger charge is 2.42. The Morgan fingerprint density at radius 3 is 2.42 bits per heavy atom. The summed E-state index contributed by atoms with van der Waals surface area (Å²) >= 11 is 0. The molecule has 1 saturated carbocycles. The minimum absolute atomic E-state index is 0.426. The van der Waals surface area contributed by atoms with Crippen LogP contribution in [0.15, 0.2) is 4.99 Å². The molecule has 1 saturated heterocycles. The molecular weight excluding hydrogens is 300 g/mol. The number of aliphatic imine (C=N–C) groups is 1. The number of nitrogens with zero attached hydrogens (tertiary/aromatic N) is 3. The molecule has 5 heteroatoms. The van der Waals surface area contributed by atoms with E-state index in [1.165, 1.54) is 19.4 Å². The molecule has 140 valence electrons. The minimum Gasteiger partial charge on any atom is -0.382 e. The second kappa shape index (κ2) is 9.62. The van der Waals surface area contributed by atoms with Crippen LogP contribution in [0.5, 0.6) is 0 Å². The Morgan fingerprint density at radius 2 is 1.88 bits per heavy atom. The molecule has 2 aliphatic rings. The molecule has 1 aliphatic carbocycles. The first-order valence-corrected chi connectivity index (χ1v) is 9.92. The van der Waals surface area contributed by atoms with Crippen LogP contribution in [0.2, 0.25) is 0 Å². The predicted molar refractivity (Wildman–Crippen MR) is 102 cm³/mol. The second-order valence-corrected chi connectivity index (χ2v) is 7.80. The topological polar surface area (TPSA) is 40.1 Å². The van der Waals surface area contributed by atoms with E-state index in [0.29, 0.717) is 5.41 Å². The van der Waals surface area contributed by atoms with Gasteiger partial charge in [-0.25, -0.2) is 0 Å². The molecule has 0 aromatic carbocycles. The lowest BCUT2D eigenvalue weighted by Gasteiger charge is -2.37. The molecule has 0 aromatic heterocycles. The van der Waals surface area contributed by atoms with E-state index in [2.05, 4.69) is 42.8 Å². The summed E-state index contributed by atoms with van der Waals surface area (Å²) in [5.74, 6) is 1.86. The quantitative estimate of drug-likeness (QED) is 0.398. The standard InChI is InChI=1S/C19H38N4O/c1-5-20-18(21-16-19(7-8-19)9-14-24-6-2)23-12-10-22(11-13-23)15-17(3)4/h17H,5-16H2,1-4H3,(H,20,21).